The van der Waals surface area contributed by atoms with E-state index < -0.39 is 5.97 Å². The number of amides is 1. The number of benzene rings is 1. The van der Waals surface area contributed by atoms with Crippen molar-refractivity contribution in [1.82, 2.24) is 4.90 Å². The predicted octanol–water partition coefficient (Wildman–Crippen LogP) is 2.03. The Balaban J connectivity index is 1.57. The number of carbonyl (C=O) groups is 2. The highest BCUT2D eigenvalue weighted by atomic mass is 32.2. The van der Waals surface area contributed by atoms with Crippen molar-refractivity contribution in [2.75, 3.05) is 37.4 Å². The summed E-state index contributed by atoms with van der Waals surface area (Å²) in [7, 11) is 1.34. The van der Waals surface area contributed by atoms with E-state index >= 15 is 0 Å². The highest BCUT2D eigenvalue weighted by Gasteiger charge is 2.27. The van der Waals surface area contributed by atoms with Crippen LogP contribution in [0.15, 0.2) is 35.4 Å². The molecule has 2 aliphatic rings. The molecule has 5 nitrogen and oxygen atoms in total. The maximum Gasteiger partial charge on any atom is 0.333 e. The van der Waals surface area contributed by atoms with E-state index in [9.17, 15) is 9.59 Å². The number of thioether (sulfide) groups is 1. The van der Waals surface area contributed by atoms with Crippen LogP contribution in [0.5, 0.6) is 0 Å². The Kier molecular flexibility index (Phi) is 4.91. The van der Waals surface area contributed by atoms with E-state index in [0.717, 1.165) is 25.9 Å². The van der Waals surface area contributed by atoms with Crippen LogP contribution in [0.3, 0.4) is 0 Å². The van der Waals surface area contributed by atoms with Gasteiger partial charge in [-0.1, -0.05) is 30.0 Å². The van der Waals surface area contributed by atoms with Gasteiger partial charge in [-0.3, -0.25) is 4.79 Å². The minimum absolute atomic E-state index is 0.0620. The van der Waals surface area contributed by atoms with Crippen LogP contribution < -0.4 is 4.90 Å². The standard InChI is InChI=1S/C17H20N2O3S/c1-22-17(21)11-16-19(15(20)12-23-16)9-4-8-18-10-7-13-5-2-3-6-14(13)18/h2-3,5-6,11H,4,7-10,12H2,1H3. The zero-order valence-corrected chi connectivity index (χ0v) is 14.0. The van der Waals surface area contributed by atoms with Gasteiger partial charge in [-0.2, -0.15) is 0 Å². The van der Waals surface area contributed by atoms with Crippen molar-refractivity contribution in [3.8, 4) is 0 Å². The topological polar surface area (TPSA) is 49.9 Å². The van der Waals surface area contributed by atoms with Crippen LogP contribution >= 0.6 is 11.8 Å². The number of para-hydroxylation sites is 1. The van der Waals surface area contributed by atoms with Gasteiger partial charge in [0.05, 0.1) is 24.0 Å². The quantitative estimate of drug-likeness (QED) is 0.610. The fraction of sp³-hybridized carbons (Fsp3) is 0.412. The van der Waals surface area contributed by atoms with Gasteiger partial charge in [0.15, 0.2) is 0 Å². The third-order valence-corrected chi connectivity index (χ3v) is 5.17. The molecule has 0 saturated carbocycles. The lowest BCUT2D eigenvalue weighted by molar-refractivity contribution is -0.134. The molecule has 0 aromatic heterocycles. The van der Waals surface area contributed by atoms with Crippen LogP contribution in [-0.2, 0) is 20.7 Å². The lowest BCUT2D eigenvalue weighted by atomic mass is 10.2. The van der Waals surface area contributed by atoms with E-state index in [0.29, 0.717) is 17.3 Å². The first-order valence-electron chi connectivity index (χ1n) is 7.74. The zero-order chi connectivity index (χ0) is 16.2. The summed E-state index contributed by atoms with van der Waals surface area (Å²) in [5.41, 5.74) is 2.70. The van der Waals surface area contributed by atoms with Gasteiger partial charge in [0, 0.05) is 25.3 Å². The largest absolute Gasteiger partial charge is 0.466 e. The molecule has 0 spiro atoms. The second-order valence-electron chi connectivity index (χ2n) is 5.56. The van der Waals surface area contributed by atoms with Gasteiger partial charge in [0.25, 0.3) is 0 Å². The Bertz CT molecular complexity index is 644. The van der Waals surface area contributed by atoms with E-state index in [1.165, 1.54) is 36.2 Å². The first kappa shape index (κ1) is 15.9. The molecule has 1 fully saturated rings. The van der Waals surface area contributed by atoms with E-state index in [2.05, 4.69) is 33.9 Å². The Morgan fingerprint density at radius 3 is 3.00 bits per heavy atom. The molecule has 1 aromatic carbocycles. The van der Waals surface area contributed by atoms with Gasteiger partial charge in [-0.15, -0.1) is 0 Å². The number of esters is 1. The summed E-state index contributed by atoms with van der Waals surface area (Å²) in [5, 5.41) is 0.698. The van der Waals surface area contributed by atoms with Crippen LogP contribution in [0.4, 0.5) is 5.69 Å². The molecule has 2 heterocycles. The number of hydrogen-bond acceptors (Lipinski definition) is 5. The summed E-state index contributed by atoms with van der Waals surface area (Å²) < 4.78 is 4.65. The van der Waals surface area contributed by atoms with Crippen molar-refractivity contribution in [1.29, 1.82) is 0 Å². The molecule has 122 valence electrons. The molecule has 1 amide bonds. The number of rotatable bonds is 5. The monoisotopic (exact) mass is 332 g/mol. The number of anilines is 1. The minimum Gasteiger partial charge on any atom is -0.466 e. The molecule has 0 unspecified atom stereocenters. The van der Waals surface area contributed by atoms with Crippen molar-refractivity contribution in [3.63, 3.8) is 0 Å². The third-order valence-electron chi connectivity index (χ3n) is 4.15. The normalized spacial score (nSPS) is 18.7. The predicted molar refractivity (Wildman–Crippen MR) is 91.2 cm³/mol. The van der Waals surface area contributed by atoms with Gasteiger partial charge in [0.2, 0.25) is 5.91 Å². The van der Waals surface area contributed by atoms with Crippen molar-refractivity contribution in [2.24, 2.45) is 0 Å². The van der Waals surface area contributed by atoms with Gasteiger partial charge in [-0.25, -0.2) is 4.79 Å². The maximum absolute atomic E-state index is 12.0. The molecule has 2 aliphatic heterocycles. The van der Waals surface area contributed by atoms with Crippen LogP contribution in [0.1, 0.15) is 12.0 Å². The minimum atomic E-state index is -0.416. The van der Waals surface area contributed by atoms with Crippen molar-refractivity contribution < 1.29 is 14.3 Å². The SMILES string of the molecule is COC(=O)C=C1SCC(=O)N1CCCN1CCc2ccccc21. The highest BCUT2D eigenvalue weighted by Crippen LogP contribution is 2.30. The number of ether oxygens (including phenoxy) is 1. The zero-order valence-electron chi connectivity index (χ0n) is 13.2. The summed E-state index contributed by atoms with van der Waals surface area (Å²) in [6.45, 7) is 2.58. The van der Waals surface area contributed by atoms with Gasteiger partial charge in [0.1, 0.15) is 0 Å². The molecule has 3 rings (SSSR count). The van der Waals surface area contributed by atoms with Crippen LogP contribution in [0.25, 0.3) is 0 Å². The molecular weight excluding hydrogens is 312 g/mol. The maximum atomic E-state index is 12.0. The Morgan fingerprint density at radius 1 is 1.35 bits per heavy atom. The van der Waals surface area contributed by atoms with E-state index in [1.807, 2.05) is 0 Å². The molecular formula is C17H20N2O3S. The number of methoxy groups -OCH3 is 1. The third kappa shape index (κ3) is 3.52. The summed E-state index contributed by atoms with van der Waals surface area (Å²) in [6, 6.07) is 8.47. The van der Waals surface area contributed by atoms with Crippen LogP contribution in [-0.4, -0.2) is 49.3 Å². The fourth-order valence-electron chi connectivity index (χ4n) is 2.99. The number of fused-ring (bicyclic) bond motifs is 1. The van der Waals surface area contributed by atoms with Crippen molar-refractivity contribution in [3.05, 3.63) is 40.9 Å². The Labute approximate surface area is 140 Å². The van der Waals surface area contributed by atoms with Crippen molar-refractivity contribution >= 4 is 29.3 Å². The molecule has 0 N–H and O–H groups in total. The summed E-state index contributed by atoms with van der Waals surface area (Å²) in [4.78, 5) is 27.4. The average molecular weight is 332 g/mol. The molecule has 1 saturated heterocycles. The lowest BCUT2D eigenvalue weighted by Gasteiger charge is -2.22. The van der Waals surface area contributed by atoms with E-state index in [-0.39, 0.29) is 5.91 Å². The Hall–Kier alpha value is -1.95. The van der Waals surface area contributed by atoms with Gasteiger partial charge < -0.3 is 14.5 Å². The van der Waals surface area contributed by atoms with Crippen LogP contribution in [0, 0.1) is 0 Å². The summed E-state index contributed by atoms with van der Waals surface area (Å²) >= 11 is 1.40. The summed E-state index contributed by atoms with van der Waals surface area (Å²) in [5.74, 6) is 0.0442. The molecule has 0 aliphatic carbocycles. The van der Waals surface area contributed by atoms with Gasteiger partial charge in [-0.05, 0) is 24.5 Å². The number of hydrogen-bond donors (Lipinski definition) is 0. The van der Waals surface area contributed by atoms with Crippen LogP contribution in [0.2, 0.25) is 0 Å². The second kappa shape index (κ2) is 7.08. The lowest BCUT2D eigenvalue weighted by Crippen LogP contribution is -2.30. The Morgan fingerprint density at radius 2 is 2.17 bits per heavy atom. The molecule has 23 heavy (non-hydrogen) atoms. The molecule has 6 heteroatoms. The van der Waals surface area contributed by atoms with Gasteiger partial charge >= 0.3 is 5.97 Å². The molecule has 0 radical (unpaired) electrons. The van der Waals surface area contributed by atoms with E-state index in [1.54, 1.807) is 4.90 Å². The van der Waals surface area contributed by atoms with E-state index in [4.69, 9.17) is 0 Å². The molecule has 0 bridgehead atoms. The highest BCUT2D eigenvalue weighted by molar-refractivity contribution is 8.04. The first-order valence-corrected chi connectivity index (χ1v) is 8.73. The molecule has 0 atom stereocenters. The fourth-order valence-corrected chi connectivity index (χ4v) is 3.94. The second-order valence-corrected chi connectivity index (χ2v) is 6.55. The average Bonchev–Trinajstić information content (AvgIpc) is 3.13. The number of nitrogens with zero attached hydrogens (tertiary/aromatic N) is 2. The smallest absolute Gasteiger partial charge is 0.333 e. The first-order chi connectivity index (χ1) is 11.2. The molecule has 1 aromatic rings. The number of carbonyl (C=O) groups excluding carboxylic acids is 2. The van der Waals surface area contributed by atoms with Crippen molar-refractivity contribution in [2.45, 2.75) is 12.8 Å². The summed E-state index contributed by atoms with van der Waals surface area (Å²) in [6.07, 6.45) is 3.36.